The molecule has 2 nitrogen and oxygen atoms in total. The molecule has 0 heterocycles. The molecule has 0 fully saturated rings. The van der Waals surface area contributed by atoms with E-state index in [-0.39, 0.29) is 5.97 Å². The quantitative estimate of drug-likeness (QED) is 0.291. The Labute approximate surface area is 86.3 Å². The van der Waals surface area contributed by atoms with Gasteiger partial charge in [0.25, 0.3) is 0 Å². The molecule has 0 atom stereocenters. The van der Waals surface area contributed by atoms with Crippen LogP contribution in [0.25, 0.3) is 0 Å². The highest BCUT2D eigenvalue weighted by Gasteiger charge is 1.90. The molecule has 0 bridgehead atoms. The molecular weight excluding hydrogens is 176 g/mol. The maximum atomic E-state index is 10.8. The number of rotatable bonds is 5. The summed E-state index contributed by atoms with van der Waals surface area (Å²) in [4.78, 5) is 10.8. The number of carbonyl (C=O) groups is 1. The van der Waals surface area contributed by atoms with Crippen LogP contribution in [0.3, 0.4) is 0 Å². The number of ether oxygens (including phenoxy) is 1. The van der Waals surface area contributed by atoms with E-state index >= 15 is 0 Å². The van der Waals surface area contributed by atoms with Crippen LogP contribution < -0.4 is 0 Å². The Morgan fingerprint density at radius 1 is 1.36 bits per heavy atom. The Kier molecular flexibility index (Phi) is 8.99. The molecule has 0 aromatic rings. The lowest BCUT2D eigenvalue weighted by atomic mass is 10.2. The minimum absolute atomic E-state index is 0.289. The van der Waals surface area contributed by atoms with Crippen LogP contribution in [0.15, 0.2) is 12.2 Å². The summed E-state index contributed by atoms with van der Waals surface area (Å²) in [6, 6.07) is 0. The second kappa shape index (κ2) is 9.85. The van der Waals surface area contributed by atoms with Gasteiger partial charge in [0.05, 0.1) is 6.61 Å². The Balaban J connectivity index is 3.50. The van der Waals surface area contributed by atoms with Gasteiger partial charge in [0.1, 0.15) is 0 Å². The molecule has 0 unspecified atom stereocenters. The third-order valence-corrected chi connectivity index (χ3v) is 1.54. The molecule has 0 rings (SSSR count). The number of hydrogen-bond acceptors (Lipinski definition) is 2. The van der Waals surface area contributed by atoms with Crippen molar-refractivity contribution in [1.82, 2.24) is 0 Å². The second-order valence-electron chi connectivity index (χ2n) is 2.82. The summed E-state index contributed by atoms with van der Waals surface area (Å²) in [5.41, 5.74) is 0. The maximum Gasteiger partial charge on any atom is 0.330 e. The van der Waals surface area contributed by atoms with Gasteiger partial charge in [-0.2, -0.15) is 0 Å². The molecule has 0 aliphatic rings. The van der Waals surface area contributed by atoms with E-state index in [9.17, 15) is 4.79 Å². The van der Waals surface area contributed by atoms with Crippen molar-refractivity contribution in [2.75, 3.05) is 6.61 Å². The van der Waals surface area contributed by atoms with Crippen molar-refractivity contribution < 1.29 is 9.53 Å². The zero-order valence-electron chi connectivity index (χ0n) is 9.01. The van der Waals surface area contributed by atoms with Crippen molar-refractivity contribution in [3.05, 3.63) is 12.2 Å². The number of carbonyl (C=O) groups excluding carboxylic acids is 1. The summed E-state index contributed by atoms with van der Waals surface area (Å²) in [6.07, 6.45) is 7.06. The van der Waals surface area contributed by atoms with Gasteiger partial charge >= 0.3 is 5.97 Å². The fourth-order valence-corrected chi connectivity index (χ4v) is 0.830. The Morgan fingerprint density at radius 2 is 2.14 bits per heavy atom. The predicted molar refractivity (Wildman–Crippen MR) is 57.7 cm³/mol. The third kappa shape index (κ3) is 8.86. The van der Waals surface area contributed by atoms with Crippen LogP contribution in [0, 0.1) is 11.8 Å². The highest BCUT2D eigenvalue weighted by molar-refractivity contribution is 5.81. The standard InChI is InChI=1S/C12H18O2/c1-3-5-6-7-8-9-10-11-12(13)14-4-2/h10-11H,3-6,9H2,1-2H3/b11-10-. The van der Waals surface area contributed by atoms with Gasteiger partial charge < -0.3 is 4.74 Å². The summed E-state index contributed by atoms with van der Waals surface area (Å²) >= 11 is 0. The molecule has 78 valence electrons. The van der Waals surface area contributed by atoms with Gasteiger partial charge in [0.15, 0.2) is 0 Å². The molecule has 0 aromatic heterocycles. The van der Waals surface area contributed by atoms with E-state index in [1.165, 1.54) is 12.5 Å². The SMILES string of the molecule is CCCCC#CC/C=C\C(=O)OCC. The number of unbranched alkanes of at least 4 members (excludes halogenated alkanes) is 2. The summed E-state index contributed by atoms with van der Waals surface area (Å²) < 4.78 is 4.71. The van der Waals surface area contributed by atoms with E-state index in [0.29, 0.717) is 13.0 Å². The Morgan fingerprint density at radius 3 is 2.79 bits per heavy atom. The third-order valence-electron chi connectivity index (χ3n) is 1.54. The first-order valence-electron chi connectivity index (χ1n) is 5.10. The highest BCUT2D eigenvalue weighted by atomic mass is 16.5. The van der Waals surface area contributed by atoms with E-state index in [1.54, 1.807) is 13.0 Å². The molecule has 2 heteroatoms. The normalized spacial score (nSPS) is 9.57. The van der Waals surface area contributed by atoms with Crippen LogP contribution in [-0.4, -0.2) is 12.6 Å². The minimum Gasteiger partial charge on any atom is -0.463 e. The van der Waals surface area contributed by atoms with Crippen molar-refractivity contribution in [2.24, 2.45) is 0 Å². The first kappa shape index (κ1) is 12.8. The molecular formula is C12H18O2. The van der Waals surface area contributed by atoms with E-state index in [4.69, 9.17) is 4.74 Å². The largest absolute Gasteiger partial charge is 0.463 e. The fraction of sp³-hybridized carbons (Fsp3) is 0.583. The van der Waals surface area contributed by atoms with E-state index in [2.05, 4.69) is 18.8 Å². The van der Waals surface area contributed by atoms with Gasteiger partial charge in [-0.15, -0.1) is 5.92 Å². The lowest BCUT2D eigenvalue weighted by molar-refractivity contribution is -0.137. The van der Waals surface area contributed by atoms with E-state index < -0.39 is 0 Å². The first-order valence-corrected chi connectivity index (χ1v) is 5.10. The molecule has 0 amide bonds. The van der Waals surface area contributed by atoms with Crippen LogP contribution in [0.5, 0.6) is 0 Å². The molecule has 0 saturated carbocycles. The van der Waals surface area contributed by atoms with Crippen molar-refractivity contribution in [3.8, 4) is 11.8 Å². The topological polar surface area (TPSA) is 26.3 Å². The van der Waals surface area contributed by atoms with E-state index in [1.807, 2.05) is 0 Å². The zero-order chi connectivity index (χ0) is 10.6. The number of hydrogen-bond donors (Lipinski definition) is 0. The van der Waals surface area contributed by atoms with Gasteiger partial charge in [0, 0.05) is 18.9 Å². The van der Waals surface area contributed by atoms with E-state index in [0.717, 1.165) is 12.8 Å². The Hall–Kier alpha value is -1.23. The summed E-state index contributed by atoms with van der Waals surface area (Å²) in [5, 5.41) is 0. The Bertz CT molecular complexity index is 230. The summed E-state index contributed by atoms with van der Waals surface area (Å²) in [5.74, 6) is 5.72. The van der Waals surface area contributed by atoms with Crippen LogP contribution in [0.2, 0.25) is 0 Å². The van der Waals surface area contributed by atoms with Crippen LogP contribution in [0.4, 0.5) is 0 Å². The molecule has 0 spiro atoms. The minimum atomic E-state index is -0.289. The molecule has 0 N–H and O–H groups in total. The lowest BCUT2D eigenvalue weighted by Gasteiger charge is -1.92. The number of esters is 1. The highest BCUT2D eigenvalue weighted by Crippen LogP contribution is 1.91. The van der Waals surface area contributed by atoms with Crippen molar-refractivity contribution in [2.45, 2.75) is 39.5 Å². The molecule has 0 radical (unpaired) electrons. The van der Waals surface area contributed by atoms with Crippen LogP contribution >= 0.6 is 0 Å². The van der Waals surface area contributed by atoms with Gasteiger partial charge in [0.2, 0.25) is 0 Å². The van der Waals surface area contributed by atoms with Crippen LogP contribution in [-0.2, 0) is 9.53 Å². The van der Waals surface area contributed by atoms with Gasteiger partial charge in [-0.3, -0.25) is 0 Å². The number of allylic oxidation sites excluding steroid dienone is 1. The van der Waals surface area contributed by atoms with Crippen molar-refractivity contribution in [3.63, 3.8) is 0 Å². The molecule has 0 saturated heterocycles. The molecule has 0 aliphatic carbocycles. The fourth-order valence-electron chi connectivity index (χ4n) is 0.830. The maximum absolute atomic E-state index is 10.8. The van der Waals surface area contributed by atoms with Gasteiger partial charge in [-0.25, -0.2) is 4.79 Å². The smallest absolute Gasteiger partial charge is 0.330 e. The first-order chi connectivity index (χ1) is 6.81. The lowest BCUT2D eigenvalue weighted by Crippen LogP contribution is -1.98. The van der Waals surface area contributed by atoms with Crippen molar-refractivity contribution >= 4 is 5.97 Å². The van der Waals surface area contributed by atoms with Gasteiger partial charge in [-0.05, 0) is 13.3 Å². The monoisotopic (exact) mass is 194 g/mol. The van der Waals surface area contributed by atoms with Crippen molar-refractivity contribution in [1.29, 1.82) is 0 Å². The molecule has 0 aliphatic heterocycles. The molecule has 0 aromatic carbocycles. The van der Waals surface area contributed by atoms with Gasteiger partial charge in [-0.1, -0.05) is 25.3 Å². The molecule has 14 heavy (non-hydrogen) atoms. The predicted octanol–water partition coefficient (Wildman–Crippen LogP) is 2.69. The summed E-state index contributed by atoms with van der Waals surface area (Å²) in [6.45, 7) is 4.35. The zero-order valence-corrected chi connectivity index (χ0v) is 9.01. The van der Waals surface area contributed by atoms with Crippen LogP contribution in [0.1, 0.15) is 39.5 Å². The average Bonchev–Trinajstić information content (AvgIpc) is 2.17. The summed E-state index contributed by atoms with van der Waals surface area (Å²) in [7, 11) is 0. The average molecular weight is 194 g/mol. The second-order valence-corrected chi connectivity index (χ2v) is 2.82.